The highest BCUT2D eigenvalue weighted by Crippen LogP contribution is 2.32. The zero-order valence-electron chi connectivity index (χ0n) is 19.0. The topological polar surface area (TPSA) is 79.7 Å². The van der Waals surface area contributed by atoms with Crippen LogP contribution in [0.4, 0.5) is 0 Å². The third-order valence-corrected chi connectivity index (χ3v) is 5.07. The molecule has 0 radical (unpaired) electrons. The van der Waals surface area contributed by atoms with Gasteiger partial charge >= 0.3 is 11.9 Å². The second-order valence-electron chi connectivity index (χ2n) is 7.81. The normalized spacial score (nSPS) is 10.8. The molecule has 0 saturated heterocycles. The van der Waals surface area contributed by atoms with Gasteiger partial charge in [0.05, 0.1) is 26.5 Å². The first-order valence-electron chi connectivity index (χ1n) is 10.5. The van der Waals surface area contributed by atoms with E-state index in [9.17, 15) is 9.59 Å². The van der Waals surface area contributed by atoms with Gasteiger partial charge in [-0.2, -0.15) is 5.10 Å². The molecule has 0 bridgehead atoms. The van der Waals surface area contributed by atoms with Gasteiger partial charge in [-0.1, -0.05) is 44.2 Å². The van der Waals surface area contributed by atoms with Gasteiger partial charge in [-0.25, -0.2) is 14.3 Å². The molecule has 2 aromatic carbocycles. The van der Waals surface area contributed by atoms with Crippen molar-refractivity contribution in [3.63, 3.8) is 0 Å². The van der Waals surface area contributed by atoms with Gasteiger partial charge in [-0.15, -0.1) is 0 Å². The fraction of sp³-hybridized carbons (Fsp3) is 0.320. The number of benzene rings is 2. The monoisotopic (exact) mass is 436 g/mol. The van der Waals surface area contributed by atoms with E-state index < -0.39 is 11.9 Å². The van der Waals surface area contributed by atoms with E-state index in [4.69, 9.17) is 14.2 Å². The molecule has 3 aromatic rings. The Morgan fingerprint density at radius 3 is 2.31 bits per heavy atom. The molecule has 1 heterocycles. The lowest BCUT2D eigenvalue weighted by molar-refractivity contribution is 0.0549. The third kappa shape index (κ3) is 4.82. The molecule has 3 rings (SSSR count). The van der Waals surface area contributed by atoms with Crippen molar-refractivity contribution in [2.24, 2.45) is 5.92 Å². The largest absolute Gasteiger partial charge is 0.493 e. The number of ether oxygens (including phenoxy) is 3. The second-order valence-corrected chi connectivity index (χ2v) is 7.81. The fourth-order valence-electron chi connectivity index (χ4n) is 3.26. The summed E-state index contributed by atoms with van der Waals surface area (Å²) in [6.45, 7) is 6.81. The van der Waals surface area contributed by atoms with E-state index in [1.807, 2.05) is 43.3 Å². The lowest BCUT2D eigenvalue weighted by Gasteiger charge is -2.12. The van der Waals surface area contributed by atoms with Crippen LogP contribution in [-0.4, -0.2) is 42.5 Å². The van der Waals surface area contributed by atoms with Crippen LogP contribution >= 0.6 is 0 Å². The van der Waals surface area contributed by atoms with Crippen molar-refractivity contribution in [3.8, 4) is 22.7 Å². The summed E-state index contributed by atoms with van der Waals surface area (Å²) in [5.41, 5.74) is 2.58. The molecular formula is C25H28N2O5. The van der Waals surface area contributed by atoms with Gasteiger partial charge in [0.25, 0.3) is 0 Å². The molecule has 0 aliphatic rings. The summed E-state index contributed by atoms with van der Waals surface area (Å²) >= 11 is 0. The Labute approximate surface area is 187 Å². The summed E-state index contributed by atoms with van der Waals surface area (Å²) in [7, 11) is 2.53. The SMILES string of the molecule is COC(=O)c1c(-c2ccc(C)c(OCCC(C)C)c2)nn(-c2ccccc2)c1C(=O)OC. The standard InChI is InChI=1S/C25H28N2O5/c1-16(2)13-14-32-20-15-18(12-11-17(20)3)22-21(24(28)30-4)23(25(29)31-5)27(26-22)19-9-7-6-8-10-19/h6-12,15-16H,13-14H2,1-5H3. The quantitative estimate of drug-likeness (QED) is 0.470. The van der Waals surface area contributed by atoms with Crippen molar-refractivity contribution in [1.82, 2.24) is 9.78 Å². The molecule has 7 nitrogen and oxygen atoms in total. The number of esters is 2. The minimum Gasteiger partial charge on any atom is -0.493 e. The van der Waals surface area contributed by atoms with Crippen LogP contribution in [0.25, 0.3) is 16.9 Å². The van der Waals surface area contributed by atoms with Crippen LogP contribution in [0.3, 0.4) is 0 Å². The van der Waals surface area contributed by atoms with E-state index in [0.29, 0.717) is 35.2 Å². The van der Waals surface area contributed by atoms with Crippen molar-refractivity contribution in [3.05, 3.63) is 65.4 Å². The number of aryl methyl sites for hydroxylation is 1. The maximum Gasteiger partial charge on any atom is 0.357 e. The highest BCUT2D eigenvalue weighted by atomic mass is 16.5. The molecule has 0 N–H and O–H groups in total. The van der Waals surface area contributed by atoms with Crippen LogP contribution in [-0.2, 0) is 9.47 Å². The molecule has 32 heavy (non-hydrogen) atoms. The van der Waals surface area contributed by atoms with Crippen LogP contribution < -0.4 is 4.74 Å². The predicted molar refractivity (Wildman–Crippen MR) is 121 cm³/mol. The lowest BCUT2D eigenvalue weighted by Crippen LogP contribution is -2.15. The van der Waals surface area contributed by atoms with Gasteiger partial charge in [-0.05, 0) is 43.0 Å². The number of nitrogens with zero attached hydrogens (tertiary/aromatic N) is 2. The van der Waals surface area contributed by atoms with Crippen molar-refractivity contribution >= 4 is 11.9 Å². The average molecular weight is 437 g/mol. The first-order valence-corrected chi connectivity index (χ1v) is 10.5. The Morgan fingerprint density at radius 1 is 1.00 bits per heavy atom. The molecule has 0 unspecified atom stereocenters. The van der Waals surface area contributed by atoms with E-state index in [2.05, 4.69) is 18.9 Å². The summed E-state index contributed by atoms with van der Waals surface area (Å²) in [5.74, 6) is -0.139. The van der Waals surface area contributed by atoms with Gasteiger partial charge in [0, 0.05) is 5.56 Å². The van der Waals surface area contributed by atoms with Crippen molar-refractivity contribution < 1.29 is 23.8 Å². The minimum absolute atomic E-state index is 0.00315. The number of para-hydroxylation sites is 1. The number of aromatic nitrogens is 2. The first-order chi connectivity index (χ1) is 15.4. The number of hydrogen-bond donors (Lipinski definition) is 0. The number of rotatable bonds is 8. The molecule has 0 saturated carbocycles. The Hall–Kier alpha value is -3.61. The van der Waals surface area contributed by atoms with Crippen LogP contribution in [0.2, 0.25) is 0 Å². The van der Waals surface area contributed by atoms with Gasteiger partial charge in [-0.3, -0.25) is 0 Å². The van der Waals surface area contributed by atoms with Crippen molar-refractivity contribution in [2.45, 2.75) is 27.2 Å². The molecule has 7 heteroatoms. The van der Waals surface area contributed by atoms with E-state index in [1.165, 1.54) is 18.9 Å². The maximum atomic E-state index is 12.8. The van der Waals surface area contributed by atoms with E-state index in [1.54, 1.807) is 12.1 Å². The summed E-state index contributed by atoms with van der Waals surface area (Å²) < 4.78 is 17.4. The summed E-state index contributed by atoms with van der Waals surface area (Å²) in [5, 5.41) is 4.63. The molecule has 0 fully saturated rings. The van der Waals surface area contributed by atoms with Crippen LogP contribution in [0.5, 0.6) is 5.75 Å². The van der Waals surface area contributed by atoms with E-state index in [0.717, 1.165) is 12.0 Å². The fourth-order valence-corrected chi connectivity index (χ4v) is 3.26. The zero-order chi connectivity index (χ0) is 23.3. The summed E-state index contributed by atoms with van der Waals surface area (Å²) in [6.07, 6.45) is 0.923. The maximum absolute atomic E-state index is 12.8. The second kappa shape index (κ2) is 10.1. The third-order valence-electron chi connectivity index (χ3n) is 5.07. The zero-order valence-corrected chi connectivity index (χ0v) is 19.0. The Balaban J connectivity index is 2.19. The molecule has 0 atom stereocenters. The van der Waals surface area contributed by atoms with Crippen LogP contribution in [0.15, 0.2) is 48.5 Å². The van der Waals surface area contributed by atoms with Gasteiger partial charge in [0.1, 0.15) is 17.0 Å². The van der Waals surface area contributed by atoms with Gasteiger partial charge < -0.3 is 14.2 Å². The number of hydrogen-bond acceptors (Lipinski definition) is 6. The average Bonchev–Trinajstić information content (AvgIpc) is 3.20. The first kappa shape index (κ1) is 23.1. The number of methoxy groups -OCH3 is 2. The van der Waals surface area contributed by atoms with Gasteiger partial charge in [0.15, 0.2) is 5.69 Å². The molecule has 168 valence electrons. The molecule has 0 aliphatic carbocycles. The van der Waals surface area contributed by atoms with Gasteiger partial charge in [0.2, 0.25) is 0 Å². The highest BCUT2D eigenvalue weighted by molar-refractivity contribution is 6.06. The Kier molecular flexibility index (Phi) is 7.30. The smallest absolute Gasteiger partial charge is 0.357 e. The van der Waals surface area contributed by atoms with Crippen molar-refractivity contribution in [2.75, 3.05) is 20.8 Å². The van der Waals surface area contributed by atoms with E-state index in [-0.39, 0.29) is 11.3 Å². The molecule has 0 aliphatic heterocycles. The van der Waals surface area contributed by atoms with Crippen molar-refractivity contribution in [1.29, 1.82) is 0 Å². The number of carbonyl (C=O) groups is 2. The lowest BCUT2D eigenvalue weighted by atomic mass is 10.0. The number of carbonyl (C=O) groups excluding carboxylic acids is 2. The molecule has 1 aromatic heterocycles. The summed E-state index contributed by atoms with van der Waals surface area (Å²) in [6, 6.07) is 14.7. The molecular weight excluding hydrogens is 408 g/mol. The van der Waals surface area contributed by atoms with E-state index >= 15 is 0 Å². The molecule has 0 spiro atoms. The minimum atomic E-state index is -0.687. The summed E-state index contributed by atoms with van der Waals surface area (Å²) in [4.78, 5) is 25.5. The highest BCUT2D eigenvalue weighted by Gasteiger charge is 2.31. The predicted octanol–water partition coefficient (Wildman–Crippen LogP) is 4.85. The Morgan fingerprint density at radius 2 is 1.69 bits per heavy atom. The van der Waals surface area contributed by atoms with Crippen LogP contribution in [0.1, 0.15) is 46.7 Å². The Bertz CT molecular complexity index is 1100. The van der Waals surface area contributed by atoms with Crippen LogP contribution in [0, 0.1) is 12.8 Å². The molecule has 0 amide bonds.